The summed E-state index contributed by atoms with van der Waals surface area (Å²) in [5.41, 5.74) is 2.08. The molecule has 1 saturated heterocycles. The molecule has 0 N–H and O–H groups in total. The third-order valence-electron chi connectivity index (χ3n) is 5.39. The maximum absolute atomic E-state index is 13.1. The van der Waals surface area contributed by atoms with Crippen molar-refractivity contribution in [3.63, 3.8) is 0 Å². The van der Waals surface area contributed by atoms with Crippen LogP contribution in [-0.2, 0) is 14.6 Å². The van der Waals surface area contributed by atoms with Gasteiger partial charge in [0.25, 0.3) is 0 Å². The molecule has 2 atom stereocenters. The zero-order valence-corrected chi connectivity index (χ0v) is 18.3. The van der Waals surface area contributed by atoms with Crippen LogP contribution in [0.3, 0.4) is 0 Å². The van der Waals surface area contributed by atoms with Crippen molar-refractivity contribution in [2.45, 2.75) is 38.8 Å². The summed E-state index contributed by atoms with van der Waals surface area (Å²) in [6.45, 7) is 4.66. The van der Waals surface area contributed by atoms with E-state index in [1.165, 1.54) is 11.8 Å². The second-order valence-corrected chi connectivity index (χ2v) is 11.3. The Bertz CT molecular complexity index is 958. The number of carbonyl (C=O) groups excluding carboxylic acids is 1. The number of hydrogen-bond acceptors (Lipinski definition) is 7. The Balaban J connectivity index is 1.49. The number of rotatable bonds is 5. The molecule has 1 fully saturated rings. The zero-order valence-electron chi connectivity index (χ0n) is 16.7. The standard InChI is InChI=1S/C20H26N4O3S2/c1-14(2)11-23(15-8-10-29(26,27)13-15)19(25)12-28-20-22-17-6-4-3-5-16(17)18-7-9-21-24(18)20/h3-6,9,14-15,18H,7-8,10-13H2,1-2H3/t15-,18-/m1/s1. The largest absolute Gasteiger partial charge is 0.338 e. The monoisotopic (exact) mass is 434 g/mol. The first-order chi connectivity index (χ1) is 13.8. The normalized spacial score (nSPS) is 24.4. The van der Waals surface area contributed by atoms with Gasteiger partial charge < -0.3 is 4.90 Å². The van der Waals surface area contributed by atoms with E-state index in [1.54, 1.807) is 4.90 Å². The third-order valence-corrected chi connectivity index (χ3v) is 8.07. The number of fused-ring (bicyclic) bond motifs is 3. The predicted octanol–water partition coefficient (Wildman–Crippen LogP) is 2.83. The van der Waals surface area contributed by atoms with E-state index in [2.05, 4.69) is 11.2 Å². The van der Waals surface area contributed by atoms with Crippen LogP contribution in [0, 0.1) is 5.92 Å². The van der Waals surface area contributed by atoms with Gasteiger partial charge in [-0.15, -0.1) is 0 Å². The van der Waals surface area contributed by atoms with Crippen LogP contribution in [-0.4, -0.2) is 65.5 Å². The van der Waals surface area contributed by atoms with E-state index in [0.717, 1.165) is 22.8 Å². The molecule has 0 unspecified atom stereocenters. The third kappa shape index (κ3) is 4.35. The molecular weight excluding hydrogens is 408 g/mol. The van der Waals surface area contributed by atoms with Gasteiger partial charge in [0.2, 0.25) is 5.91 Å². The Labute approximate surface area is 176 Å². The number of hydrogen-bond donors (Lipinski definition) is 0. The van der Waals surface area contributed by atoms with Crippen LogP contribution >= 0.6 is 11.8 Å². The fraction of sp³-hybridized carbons (Fsp3) is 0.550. The minimum atomic E-state index is -3.04. The number of hydrazone groups is 1. The summed E-state index contributed by atoms with van der Waals surface area (Å²) in [6.07, 6.45) is 3.24. The van der Waals surface area contributed by atoms with Crippen molar-refractivity contribution >= 4 is 44.6 Å². The SMILES string of the molecule is CC(C)CN(C(=O)CSC1=Nc2ccccc2[C@H]2CC=NN12)[C@@H]1CCS(=O)(=O)C1. The quantitative estimate of drug-likeness (QED) is 0.712. The topological polar surface area (TPSA) is 82.4 Å². The highest BCUT2D eigenvalue weighted by Crippen LogP contribution is 2.40. The van der Waals surface area contributed by atoms with Gasteiger partial charge in [-0.3, -0.25) is 4.79 Å². The van der Waals surface area contributed by atoms with Crippen LogP contribution in [0.2, 0.25) is 0 Å². The van der Waals surface area contributed by atoms with Gasteiger partial charge in [0, 0.05) is 30.8 Å². The lowest BCUT2D eigenvalue weighted by Crippen LogP contribution is -2.44. The molecule has 0 spiro atoms. The molecule has 1 amide bonds. The van der Waals surface area contributed by atoms with Crippen molar-refractivity contribution in [2.75, 3.05) is 23.8 Å². The number of amides is 1. The molecule has 0 bridgehead atoms. The van der Waals surface area contributed by atoms with E-state index in [1.807, 2.05) is 43.3 Å². The van der Waals surface area contributed by atoms with Crippen molar-refractivity contribution in [3.05, 3.63) is 29.8 Å². The van der Waals surface area contributed by atoms with E-state index in [0.29, 0.717) is 13.0 Å². The number of aliphatic imine (C=N–C) groups is 1. The molecular formula is C20H26N4O3S2. The highest BCUT2D eigenvalue weighted by Gasteiger charge is 2.36. The van der Waals surface area contributed by atoms with E-state index in [-0.39, 0.29) is 41.2 Å². The number of benzene rings is 1. The van der Waals surface area contributed by atoms with Gasteiger partial charge in [0.15, 0.2) is 15.0 Å². The van der Waals surface area contributed by atoms with Crippen LogP contribution in [0.5, 0.6) is 0 Å². The van der Waals surface area contributed by atoms with Gasteiger partial charge in [0.1, 0.15) is 0 Å². The smallest absolute Gasteiger partial charge is 0.233 e. The molecule has 1 aromatic carbocycles. The first-order valence-corrected chi connectivity index (χ1v) is 12.8. The van der Waals surface area contributed by atoms with Crippen molar-refractivity contribution in [1.82, 2.24) is 9.91 Å². The van der Waals surface area contributed by atoms with Crippen LogP contribution < -0.4 is 0 Å². The number of amidine groups is 1. The first kappa shape index (κ1) is 20.4. The summed E-state index contributed by atoms with van der Waals surface area (Å²) in [6, 6.07) is 7.94. The van der Waals surface area contributed by atoms with Crippen molar-refractivity contribution in [2.24, 2.45) is 16.0 Å². The lowest BCUT2D eigenvalue weighted by Gasteiger charge is -2.32. The van der Waals surface area contributed by atoms with E-state index in [4.69, 9.17) is 4.99 Å². The first-order valence-electron chi connectivity index (χ1n) is 9.96. The van der Waals surface area contributed by atoms with E-state index >= 15 is 0 Å². The summed E-state index contributed by atoms with van der Waals surface area (Å²) in [7, 11) is -3.04. The molecule has 29 heavy (non-hydrogen) atoms. The Morgan fingerprint density at radius 2 is 2.14 bits per heavy atom. The van der Waals surface area contributed by atoms with Gasteiger partial charge in [-0.2, -0.15) is 5.10 Å². The van der Waals surface area contributed by atoms with Gasteiger partial charge in [-0.05, 0) is 18.4 Å². The van der Waals surface area contributed by atoms with E-state index in [9.17, 15) is 13.2 Å². The minimum Gasteiger partial charge on any atom is -0.338 e. The molecule has 0 radical (unpaired) electrons. The van der Waals surface area contributed by atoms with Crippen LogP contribution in [0.4, 0.5) is 5.69 Å². The molecule has 1 aromatic rings. The number of thioether (sulfide) groups is 1. The average Bonchev–Trinajstić information content (AvgIpc) is 3.30. The van der Waals surface area contributed by atoms with Gasteiger partial charge in [0.05, 0.1) is 29.0 Å². The molecule has 3 aliphatic heterocycles. The van der Waals surface area contributed by atoms with E-state index < -0.39 is 9.84 Å². The minimum absolute atomic E-state index is 0.0351. The fourth-order valence-electron chi connectivity index (χ4n) is 4.06. The molecule has 4 rings (SSSR count). The summed E-state index contributed by atoms with van der Waals surface area (Å²) in [4.78, 5) is 19.5. The second kappa shape index (κ2) is 8.10. The molecule has 3 aliphatic rings. The number of para-hydroxylation sites is 1. The number of carbonyl (C=O) groups is 1. The van der Waals surface area contributed by atoms with Crippen LogP contribution in [0.15, 0.2) is 34.4 Å². The molecule has 156 valence electrons. The molecule has 0 aliphatic carbocycles. The molecule has 3 heterocycles. The zero-order chi connectivity index (χ0) is 20.6. The average molecular weight is 435 g/mol. The number of sulfone groups is 1. The summed E-state index contributed by atoms with van der Waals surface area (Å²) in [5, 5.41) is 7.08. The predicted molar refractivity (Wildman–Crippen MR) is 117 cm³/mol. The van der Waals surface area contributed by atoms with Crippen molar-refractivity contribution < 1.29 is 13.2 Å². The molecule has 9 heteroatoms. The maximum Gasteiger partial charge on any atom is 0.233 e. The lowest BCUT2D eigenvalue weighted by atomic mass is 10.0. The Morgan fingerprint density at radius 3 is 2.86 bits per heavy atom. The number of nitrogens with zero attached hydrogens (tertiary/aromatic N) is 4. The summed E-state index contributed by atoms with van der Waals surface area (Å²) in [5.74, 6) is 0.706. The van der Waals surface area contributed by atoms with Crippen LogP contribution in [0.25, 0.3) is 0 Å². The highest BCUT2D eigenvalue weighted by atomic mass is 32.2. The maximum atomic E-state index is 13.1. The second-order valence-electron chi connectivity index (χ2n) is 8.13. The summed E-state index contributed by atoms with van der Waals surface area (Å²) < 4.78 is 23.8. The fourth-order valence-corrected chi connectivity index (χ4v) is 6.68. The highest BCUT2D eigenvalue weighted by molar-refractivity contribution is 8.14. The Kier molecular flexibility index (Phi) is 5.70. The molecule has 0 saturated carbocycles. The molecule has 7 nitrogen and oxygen atoms in total. The van der Waals surface area contributed by atoms with Crippen LogP contribution in [0.1, 0.15) is 38.3 Å². The van der Waals surface area contributed by atoms with Crippen molar-refractivity contribution in [3.8, 4) is 0 Å². The van der Waals surface area contributed by atoms with Gasteiger partial charge >= 0.3 is 0 Å². The van der Waals surface area contributed by atoms with Gasteiger partial charge in [-0.1, -0.05) is 43.8 Å². The summed E-state index contributed by atoms with van der Waals surface area (Å²) >= 11 is 1.38. The van der Waals surface area contributed by atoms with Crippen molar-refractivity contribution in [1.29, 1.82) is 0 Å². The Hall–Kier alpha value is -1.87. The van der Waals surface area contributed by atoms with Gasteiger partial charge in [-0.25, -0.2) is 18.4 Å². The Morgan fingerprint density at radius 1 is 1.34 bits per heavy atom. The molecule has 0 aromatic heterocycles. The lowest BCUT2D eigenvalue weighted by molar-refractivity contribution is -0.130.